The van der Waals surface area contributed by atoms with Crippen LogP contribution in [-0.2, 0) is 10.0 Å². The Morgan fingerprint density at radius 1 is 1.50 bits per heavy atom. The Morgan fingerprint density at radius 2 is 2.28 bits per heavy atom. The zero-order chi connectivity index (χ0) is 13.2. The van der Waals surface area contributed by atoms with E-state index in [0.29, 0.717) is 25.3 Å². The Hall–Kier alpha value is -0.980. The van der Waals surface area contributed by atoms with Crippen LogP contribution in [0.1, 0.15) is 24.8 Å². The summed E-state index contributed by atoms with van der Waals surface area (Å²) in [5.74, 6) is 0. The van der Waals surface area contributed by atoms with Crippen LogP contribution in [0, 0.1) is 0 Å². The quantitative estimate of drug-likeness (QED) is 0.880. The highest BCUT2D eigenvalue weighted by molar-refractivity contribution is 7.89. The lowest BCUT2D eigenvalue weighted by atomic mass is 10.3. The number of rotatable bonds is 3. The largest absolute Gasteiger partial charge is 0.312 e. The molecule has 1 aliphatic rings. The first-order valence-corrected chi connectivity index (χ1v) is 7.65. The van der Waals surface area contributed by atoms with Crippen LogP contribution in [0.3, 0.4) is 0 Å². The molecule has 1 saturated heterocycles. The summed E-state index contributed by atoms with van der Waals surface area (Å²) in [6.45, 7) is 5.45. The predicted octanol–water partition coefficient (Wildman–Crippen LogP) is 0.766. The van der Waals surface area contributed by atoms with Gasteiger partial charge in [0, 0.05) is 31.9 Å². The summed E-state index contributed by atoms with van der Waals surface area (Å²) >= 11 is 0. The molecule has 0 spiro atoms. The number of nitrogens with one attached hydrogen (secondary N) is 1. The molecule has 0 saturated carbocycles. The van der Waals surface area contributed by atoms with Gasteiger partial charge in [0.05, 0.1) is 5.69 Å². The van der Waals surface area contributed by atoms with Gasteiger partial charge in [-0.1, -0.05) is 6.07 Å². The van der Waals surface area contributed by atoms with E-state index in [0.717, 1.165) is 0 Å². The number of nitrogens with zero attached hydrogens (tertiary/aromatic N) is 2. The van der Waals surface area contributed by atoms with Gasteiger partial charge in [0.15, 0.2) is 0 Å². The van der Waals surface area contributed by atoms with Crippen molar-refractivity contribution in [3.63, 3.8) is 0 Å². The van der Waals surface area contributed by atoms with Crippen LogP contribution in [0.2, 0.25) is 0 Å². The maximum atomic E-state index is 12.5. The molecule has 2 heterocycles. The summed E-state index contributed by atoms with van der Waals surface area (Å²) in [6, 6.07) is 5.56. The number of piperazine rings is 1. The number of hydrogen-bond acceptors (Lipinski definition) is 4. The molecule has 1 aromatic heterocycles. The van der Waals surface area contributed by atoms with Crippen LogP contribution in [0.4, 0.5) is 0 Å². The summed E-state index contributed by atoms with van der Waals surface area (Å²) < 4.78 is 26.5. The second kappa shape index (κ2) is 5.34. The molecular formula is C12H19N3O2S. The van der Waals surface area contributed by atoms with Crippen molar-refractivity contribution in [2.24, 2.45) is 0 Å². The molecule has 100 valence electrons. The third-order valence-electron chi connectivity index (χ3n) is 3.24. The van der Waals surface area contributed by atoms with Gasteiger partial charge in [0.2, 0.25) is 10.0 Å². The lowest BCUT2D eigenvalue weighted by molar-refractivity contribution is 0.307. The normalized spacial score (nSPS) is 23.8. The maximum Gasteiger partial charge on any atom is 0.222 e. The first-order valence-electron chi connectivity index (χ1n) is 6.15. The highest BCUT2D eigenvalue weighted by Gasteiger charge is 2.33. The number of aromatic nitrogens is 1. The molecule has 1 fully saturated rings. The lowest BCUT2D eigenvalue weighted by Gasteiger charge is -2.32. The van der Waals surface area contributed by atoms with Crippen molar-refractivity contribution < 1.29 is 8.42 Å². The summed E-state index contributed by atoms with van der Waals surface area (Å²) in [5, 5.41) is 2.65. The molecular weight excluding hydrogens is 250 g/mol. The first-order chi connectivity index (χ1) is 8.51. The summed E-state index contributed by atoms with van der Waals surface area (Å²) in [4.78, 5) is 4.14. The SMILES string of the molecule is C[C@@H]1CN(S(=O)(=O)[C@@H](C)c2ccccn2)CCN1. The molecule has 0 aliphatic carbocycles. The van der Waals surface area contributed by atoms with Gasteiger partial charge in [-0.3, -0.25) is 4.98 Å². The fourth-order valence-electron chi connectivity index (χ4n) is 2.12. The average molecular weight is 269 g/mol. The molecule has 1 N–H and O–H groups in total. The van der Waals surface area contributed by atoms with Crippen molar-refractivity contribution in [1.82, 2.24) is 14.6 Å². The standard InChI is InChI=1S/C12H19N3O2S/c1-10-9-15(8-7-13-10)18(16,17)11(2)12-5-3-4-6-14-12/h3-6,10-11,13H,7-9H2,1-2H3/t10-,11+/m1/s1. The zero-order valence-electron chi connectivity index (χ0n) is 10.7. The molecule has 6 heteroatoms. The van der Waals surface area contributed by atoms with E-state index in [-0.39, 0.29) is 6.04 Å². The Kier molecular flexibility index (Phi) is 3.99. The highest BCUT2D eigenvalue weighted by atomic mass is 32.2. The Labute approximate surface area is 108 Å². The van der Waals surface area contributed by atoms with Crippen molar-refractivity contribution >= 4 is 10.0 Å². The van der Waals surface area contributed by atoms with E-state index in [2.05, 4.69) is 10.3 Å². The molecule has 2 atom stereocenters. The third kappa shape index (κ3) is 2.71. The van der Waals surface area contributed by atoms with Crippen LogP contribution in [0.5, 0.6) is 0 Å². The van der Waals surface area contributed by atoms with E-state index in [1.165, 1.54) is 0 Å². The van der Waals surface area contributed by atoms with Gasteiger partial charge in [-0.25, -0.2) is 8.42 Å². The van der Waals surface area contributed by atoms with Crippen molar-refractivity contribution in [2.45, 2.75) is 25.1 Å². The minimum absolute atomic E-state index is 0.199. The smallest absolute Gasteiger partial charge is 0.222 e. The van der Waals surface area contributed by atoms with Crippen LogP contribution >= 0.6 is 0 Å². The van der Waals surface area contributed by atoms with Gasteiger partial charge >= 0.3 is 0 Å². The minimum Gasteiger partial charge on any atom is -0.312 e. The monoisotopic (exact) mass is 269 g/mol. The van der Waals surface area contributed by atoms with Gasteiger partial charge < -0.3 is 5.32 Å². The van der Waals surface area contributed by atoms with E-state index in [1.54, 1.807) is 29.6 Å². The van der Waals surface area contributed by atoms with E-state index >= 15 is 0 Å². The molecule has 2 rings (SSSR count). The molecule has 0 unspecified atom stereocenters. The van der Waals surface area contributed by atoms with Crippen molar-refractivity contribution in [1.29, 1.82) is 0 Å². The van der Waals surface area contributed by atoms with Crippen molar-refractivity contribution in [3.8, 4) is 0 Å². The number of hydrogen-bond donors (Lipinski definition) is 1. The molecule has 0 bridgehead atoms. The fraction of sp³-hybridized carbons (Fsp3) is 0.583. The number of sulfonamides is 1. The van der Waals surface area contributed by atoms with Gasteiger partial charge in [0.1, 0.15) is 5.25 Å². The topological polar surface area (TPSA) is 62.3 Å². The molecule has 1 aliphatic heterocycles. The second-order valence-electron chi connectivity index (χ2n) is 4.65. The molecule has 0 amide bonds. The van der Waals surface area contributed by atoms with Crippen LogP contribution in [-0.4, -0.2) is 43.4 Å². The predicted molar refractivity (Wildman–Crippen MR) is 70.6 cm³/mol. The van der Waals surface area contributed by atoms with Gasteiger partial charge in [0.25, 0.3) is 0 Å². The molecule has 0 aromatic carbocycles. The van der Waals surface area contributed by atoms with Gasteiger partial charge in [-0.15, -0.1) is 0 Å². The molecule has 18 heavy (non-hydrogen) atoms. The minimum atomic E-state index is -3.32. The average Bonchev–Trinajstić information content (AvgIpc) is 2.39. The van der Waals surface area contributed by atoms with Crippen LogP contribution in [0.15, 0.2) is 24.4 Å². The lowest BCUT2D eigenvalue weighted by Crippen LogP contribution is -2.52. The van der Waals surface area contributed by atoms with E-state index in [1.807, 2.05) is 13.0 Å². The van der Waals surface area contributed by atoms with E-state index in [9.17, 15) is 8.42 Å². The zero-order valence-corrected chi connectivity index (χ0v) is 11.5. The second-order valence-corrected chi connectivity index (χ2v) is 6.91. The molecule has 5 nitrogen and oxygen atoms in total. The van der Waals surface area contributed by atoms with Crippen LogP contribution in [0.25, 0.3) is 0 Å². The summed E-state index contributed by atoms with van der Waals surface area (Å²) in [6.07, 6.45) is 1.63. The Bertz CT molecular complexity index is 489. The van der Waals surface area contributed by atoms with Crippen LogP contribution < -0.4 is 5.32 Å². The van der Waals surface area contributed by atoms with E-state index < -0.39 is 15.3 Å². The van der Waals surface area contributed by atoms with Crippen molar-refractivity contribution in [2.75, 3.05) is 19.6 Å². The summed E-state index contributed by atoms with van der Waals surface area (Å²) in [7, 11) is -3.32. The van der Waals surface area contributed by atoms with E-state index in [4.69, 9.17) is 0 Å². The Morgan fingerprint density at radius 3 is 2.89 bits per heavy atom. The van der Waals surface area contributed by atoms with Gasteiger partial charge in [-0.05, 0) is 26.0 Å². The van der Waals surface area contributed by atoms with Crippen molar-refractivity contribution in [3.05, 3.63) is 30.1 Å². The highest BCUT2D eigenvalue weighted by Crippen LogP contribution is 2.24. The fourth-order valence-corrected chi connectivity index (χ4v) is 3.79. The third-order valence-corrected chi connectivity index (χ3v) is 5.43. The Balaban J connectivity index is 2.20. The van der Waals surface area contributed by atoms with Gasteiger partial charge in [-0.2, -0.15) is 4.31 Å². The number of pyridine rings is 1. The molecule has 0 radical (unpaired) electrons. The molecule has 1 aromatic rings. The first kappa shape index (κ1) is 13.5. The maximum absolute atomic E-state index is 12.5. The summed E-state index contributed by atoms with van der Waals surface area (Å²) in [5.41, 5.74) is 0.601.